The van der Waals surface area contributed by atoms with Crippen LogP contribution in [0.4, 0.5) is 17.6 Å². The molecule has 1 rings (SSSR count). The minimum Gasteiger partial charge on any atom is -0.490 e. The van der Waals surface area contributed by atoms with Gasteiger partial charge in [0.15, 0.2) is 11.5 Å². The van der Waals surface area contributed by atoms with E-state index in [2.05, 4.69) is 4.74 Å². The van der Waals surface area contributed by atoms with Gasteiger partial charge in [0.05, 0.1) is 6.61 Å². The van der Waals surface area contributed by atoms with Crippen molar-refractivity contribution in [1.82, 2.24) is 0 Å². The number of alkyl halides is 2. The molecule has 1 aromatic carbocycles. The van der Waals surface area contributed by atoms with Crippen LogP contribution in [0, 0.1) is 11.6 Å². The maximum atomic E-state index is 13.4. The van der Waals surface area contributed by atoms with Gasteiger partial charge < -0.3 is 9.47 Å². The summed E-state index contributed by atoms with van der Waals surface area (Å²) in [6.07, 6.45) is -1.17. The van der Waals surface area contributed by atoms with Crippen LogP contribution in [0.3, 0.4) is 0 Å². The maximum Gasteiger partial charge on any atom is 0.272 e. The van der Waals surface area contributed by atoms with Gasteiger partial charge >= 0.3 is 0 Å². The lowest BCUT2D eigenvalue weighted by molar-refractivity contribution is 0.0793. The molecular formula is C12H14F4O2. The van der Waals surface area contributed by atoms with Crippen LogP contribution in [0.25, 0.3) is 0 Å². The Morgan fingerprint density at radius 1 is 1.06 bits per heavy atom. The number of unbranched alkanes of at least 4 members (excludes halogenated alkanes) is 1. The molecule has 0 amide bonds. The van der Waals surface area contributed by atoms with E-state index in [4.69, 9.17) is 4.74 Å². The van der Waals surface area contributed by atoms with Gasteiger partial charge in [-0.25, -0.2) is 8.78 Å². The number of ether oxygens (including phenoxy) is 2. The highest BCUT2D eigenvalue weighted by atomic mass is 19.3. The zero-order valence-corrected chi connectivity index (χ0v) is 9.89. The predicted octanol–water partition coefficient (Wildman–Crippen LogP) is 3.79. The quantitative estimate of drug-likeness (QED) is 0.552. The lowest BCUT2D eigenvalue weighted by Gasteiger charge is -2.10. The monoisotopic (exact) mass is 266 g/mol. The third-order valence-electron chi connectivity index (χ3n) is 2.13. The average molecular weight is 266 g/mol. The minimum absolute atomic E-state index is 0.245. The minimum atomic E-state index is -2.74. The van der Waals surface area contributed by atoms with Crippen LogP contribution in [0.1, 0.15) is 19.8 Å². The lowest BCUT2D eigenvalue weighted by atomic mass is 10.3. The van der Waals surface area contributed by atoms with Crippen molar-refractivity contribution in [3.63, 3.8) is 0 Å². The molecule has 0 N–H and O–H groups in total. The van der Waals surface area contributed by atoms with Crippen molar-refractivity contribution in [2.24, 2.45) is 0 Å². The molecule has 0 saturated carbocycles. The van der Waals surface area contributed by atoms with Gasteiger partial charge in [0.1, 0.15) is 6.61 Å². The number of hydrogen-bond donors (Lipinski definition) is 0. The summed E-state index contributed by atoms with van der Waals surface area (Å²) < 4.78 is 60.0. The molecule has 0 heterocycles. The van der Waals surface area contributed by atoms with Crippen molar-refractivity contribution in [1.29, 1.82) is 0 Å². The van der Waals surface area contributed by atoms with E-state index < -0.39 is 30.4 Å². The number of hydrogen-bond acceptors (Lipinski definition) is 2. The normalized spacial score (nSPS) is 10.8. The highest BCUT2D eigenvalue weighted by Gasteiger charge is 2.16. The van der Waals surface area contributed by atoms with Crippen LogP contribution in [0.15, 0.2) is 12.1 Å². The first-order chi connectivity index (χ1) is 8.56. The van der Waals surface area contributed by atoms with E-state index >= 15 is 0 Å². The first kappa shape index (κ1) is 14.6. The Morgan fingerprint density at radius 3 is 2.11 bits per heavy atom. The van der Waals surface area contributed by atoms with Gasteiger partial charge in [0.2, 0.25) is 11.6 Å². The van der Waals surface area contributed by atoms with Crippen LogP contribution in [-0.2, 0) is 0 Å². The standard InChI is InChI=1S/C12H14F4O2/c1-2-3-6-17-8-4-5-9(12(16)11(8)15)18-7-10(13)14/h4-5,10H,2-3,6-7H2,1H3. The SMILES string of the molecule is CCCCOc1ccc(OCC(F)F)c(F)c1F. The predicted molar refractivity (Wildman–Crippen MR) is 58.3 cm³/mol. The summed E-state index contributed by atoms with van der Waals surface area (Å²) >= 11 is 0. The smallest absolute Gasteiger partial charge is 0.272 e. The summed E-state index contributed by atoms with van der Waals surface area (Å²) in [6, 6.07) is 2.23. The highest BCUT2D eigenvalue weighted by Crippen LogP contribution is 2.27. The van der Waals surface area contributed by atoms with Crippen molar-refractivity contribution in [2.45, 2.75) is 26.2 Å². The molecule has 0 aliphatic carbocycles. The summed E-state index contributed by atoms with van der Waals surface area (Å²) in [4.78, 5) is 0. The fourth-order valence-corrected chi connectivity index (χ4v) is 1.22. The third-order valence-corrected chi connectivity index (χ3v) is 2.13. The van der Waals surface area contributed by atoms with Crippen LogP contribution >= 0.6 is 0 Å². The van der Waals surface area contributed by atoms with Crippen LogP contribution in [0.5, 0.6) is 11.5 Å². The molecule has 1 aromatic rings. The van der Waals surface area contributed by atoms with Gasteiger partial charge in [-0.2, -0.15) is 8.78 Å². The molecule has 102 valence electrons. The molecule has 0 fully saturated rings. The molecule has 0 spiro atoms. The largest absolute Gasteiger partial charge is 0.490 e. The van der Waals surface area contributed by atoms with E-state index in [1.807, 2.05) is 6.92 Å². The van der Waals surface area contributed by atoms with Crippen molar-refractivity contribution < 1.29 is 27.0 Å². The maximum absolute atomic E-state index is 13.4. The third kappa shape index (κ3) is 4.09. The lowest BCUT2D eigenvalue weighted by Crippen LogP contribution is -2.09. The van der Waals surface area contributed by atoms with E-state index in [0.717, 1.165) is 18.6 Å². The second-order valence-electron chi connectivity index (χ2n) is 3.59. The number of benzene rings is 1. The first-order valence-electron chi connectivity index (χ1n) is 5.58. The zero-order valence-electron chi connectivity index (χ0n) is 9.89. The van der Waals surface area contributed by atoms with E-state index in [1.54, 1.807) is 0 Å². The van der Waals surface area contributed by atoms with Crippen molar-refractivity contribution in [3.8, 4) is 11.5 Å². The Kier molecular flexibility index (Phi) is 5.74. The summed E-state index contributed by atoms with van der Waals surface area (Å²) in [5.74, 6) is -3.33. The molecule has 0 saturated heterocycles. The van der Waals surface area contributed by atoms with E-state index in [9.17, 15) is 17.6 Å². The first-order valence-corrected chi connectivity index (χ1v) is 5.58. The van der Waals surface area contributed by atoms with Crippen molar-refractivity contribution in [2.75, 3.05) is 13.2 Å². The molecule has 0 aromatic heterocycles. The second kappa shape index (κ2) is 7.08. The average Bonchev–Trinajstić information content (AvgIpc) is 2.33. The molecule has 0 unspecified atom stereocenters. The summed E-state index contributed by atoms with van der Waals surface area (Å²) in [6.45, 7) is 1.22. The summed E-state index contributed by atoms with van der Waals surface area (Å²) in [5.41, 5.74) is 0. The molecule has 2 nitrogen and oxygen atoms in total. The van der Waals surface area contributed by atoms with E-state index in [-0.39, 0.29) is 12.4 Å². The molecule has 0 atom stereocenters. The molecule has 0 bridgehead atoms. The summed E-state index contributed by atoms with van der Waals surface area (Å²) in [5, 5.41) is 0. The summed E-state index contributed by atoms with van der Waals surface area (Å²) in [7, 11) is 0. The van der Waals surface area contributed by atoms with E-state index in [0.29, 0.717) is 6.42 Å². The van der Waals surface area contributed by atoms with Crippen LogP contribution < -0.4 is 9.47 Å². The van der Waals surface area contributed by atoms with Crippen molar-refractivity contribution >= 4 is 0 Å². The highest BCUT2D eigenvalue weighted by molar-refractivity contribution is 5.35. The van der Waals surface area contributed by atoms with Gasteiger partial charge in [0, 0.05) is 0 Å². The Hall–Kier alpha value is -1.46. The molecule has 18 heavy (non-hydrogen) atoms. The van der Waals surface area contributed by atoms with Crippen LogP contribution in [-0.4, -0.2) is 19.6 Å². The Morgan fingerprint density at radius 2 is 1.61 bits per heavy atom. The molecule has 0 aliphatic heterocycles. The zero-order chi connectivity index (χ0) is 13.5. The number of halogens is 4. The Bertz CT molecular complexity index is 383. The van der Waals surface area contributed by atoms with Crippen LogP contribution in [0.2, 0.25) is 0 Å². The van der Waals surface area contributed by atoms with Gasteiger partial charge in [-0.15, -0.1) is 0 Å². The number of rotatable bonds is 7. The van der Waals surface area contributed by atoms with Gasteiger partial charge in [-0.05, 0) is 18.6 Å². The molecule has 6 heteroatoms. The molecular weight excluding hydrogens is 252 g/mol. The Labute approximate surface area is 103 Å². The van der Waals surface area contributed by atoms with E-state index in [1.165, 1.54) is 0 Å². The topological polar surface area (TPSA) is 18.5 Å². The van der Waals surface area contributed by atoms with Gasteiger partial charge in [-0.3, -0.25) is 0 Å². The van der Waals surface area contributed by atoms with Gasteiger partial charge in [-0.1, -0.05) is 13.3 Å². The fraction of sp³-hybridized carbons (Fsp3) is 0.500. The molecule has 0 radical (unpaired) electrons. The second-order valence-corrected chi connectivity index (χ2v) is 3.59. The molecule has 0 aliphatic rings. The fourth-order valence-electron chi connectivity index (χ4n) is 1.22. The van der Waals surface area contributed by atoms with Gasteiger partial charge in [0.25, 0.3) is 6.43 Å². The van der Waals surface area contributed by atoms with Crippen molar-refractivity contribution in [3.05, 3.63) is 23.8 Å². The Balaban J connectivity index is 2.71.